The Morgan fingerprint density at radius 1 is 1.33 bits per heavy atom. The topological polar surface area (TPSA) is 95.9 Å². The van der Waals surface area contributed by atoms with Crippen molar-refractivity contribution in [2.45, 2.75) is 32.2 Å². The summed E-state index contributed by atoms with van der Waals surface area (Å²) in [4.78, 5) is 24.4. The first-order valence-corrected chi connectivity index (χ1v) is 9.64. The van der Waals surface area contributed by atoms with Gasteiger partial charge in [-0.15, -0.1) is 0 Å². The van der Waals surface area contributed by atoms with Crippen LogP contribution in [-0.2, 0) is 19.4 Å². The quantitative estimate of drug-likeness (QED) is 0.884. The summed E-state index contributed by atoms with van der Waals surface area (Å²) in [6.07, 6.45) is 0.785. The van der Waals surface area contributed by atoms with E-state index in [1.807, 2.05) is 25.1 Å². The lowest BCUT2D eigenvalue weighted by atomic mass is 10.1. The summed E-state index contributed by atoms with van der Waals surface area (Å²) in [5.74, 6) is -0.625. The Kier molecular flexibility index (Phi) is 4.40. The molecule has 0 spiro atoms. The van der Waals surface area contributed by atoms with E-state index in [9.17, 15) is 18.0 Å². The number of rotatable bonds is 3. The highest BCUT2D eigenvalue weighted by atomic mass is 32.2. The van der Waals surface area contributed by atoms with Gasteiger partial charge in [-0.25, -0.2) is 13.4 Å². The van der Waals surface area contributed by atoms with Crippen molar-refractivity contribution in [3.8, 4) is 0 Å². The summed E-state index contributed by atoms with van der Waals surface area (Å²) >= 11 is 0. The van der Waals surface area contributed by atoms with Gasteiger partial charge in [0.1, 0.15) is 5.71 Å². The fraction of sp³-hybridized carbons (Fsp3) is 0.438. The van der Waals surface area contributed by atoms with E-state index in [-0.39, 0.29) is 41.9 Å². The summed E-state index contributed by atoms with van der Waals surface area (Å²) in [5, 5.41) is 8.12. The van der Waals surface area contributed by atoms with E-state index in [4.69, 9.17) is 0 Å². The van der Waals surface area contributed by atoms with Crippen LogP contribution in [0, 0.1) is 6.92 Å². The summed E-state index contributed by atoms with van der Waals surface area (Å²) in [6.45, 7) is 1.93. The zero-order valence-electron chi connectivity index (χ0n) is 13.4. The van der Waals surface area contributed by atoms with Gasteiger partial charge in [0.05, 0.1) is 17.5 Å². The first-order chi connectivity index (χ1) is 11.3. The predicted molar refractivity (Wildman–Crippen MR) is 90.4 cm³/mol. The van der Waals surface area contributed by atoms with E-state index in [1.54, 1.807) is 6.07 Å². The van der Waals surface area contributed by atoms with Crippen LogP contribution in [-0.4, -0.2) is 48.5 Å². The van der Waals surface area contributed by atoms with Crippen LogP contribution in [0.15, 0.2) is 29.4 Å². The van der Waals surface area contributed by atoms with Gasteiger partial charge in [-0.1, -0.05) is 12.1 Å². The minimum atomic E-state index is -3.12. The van der Waals surface area contributed by atoms with Gasteiger partial charge in [0.25, 0.3) is 5.91 Å². The standard InChI is InChI=1S/C16H19N3O4S/c1-11-3-2-4-12(9-11)17-16(21)14-5-6-15(20)19(18-14)13-7-8-24(22,23)10-13/h2-4,9,13H,5-8,10H2,1H3,(H,17,21)/t13-/m1/s1. The van der Waals surface area contributed by atoms with E-state index in [1.165, 1.54) is 5.01 Å². The number of hydrogen-bond donors (Lipinski definition) is 1. The molecule has 1 N–H and O–H groups in total. The van der Waals surface area contributed by atoms with Crippen molar-refractivity contribution in [2.24, 2.45) is 5.10 Å². The minimum Gasteiger partial charge on any atom is -0.321 e. The van der Waals surface area contributed by atoms with Crippen LogP contribution >= 0.6 is 0 Å². The molecule has 0 saturated carbocycles. The summed E-state index contributed by atoms with van der Waals surface area (Å²) in [6, 6.07) is 6.92. The lowest BCUT2D eigenvalue weighted by Crippen LogP contribution is -2.42. The average molecular weight is 349 g/mol. The molecule has 2 aliphatic heterocycles. The number of nitrogens with zero attached hydrogens (tertiary/aromatic N) is 2. The number of anilines is 1. The van der Waals surface area contributed by atoms with Crippen LogP contribution in [0.1, 0.15) is 24.8 Å². The number of carbonyl (C=O) groups is 2. The first-order valence-electron chi connectivity index (χ1n) is 7.82. The molecule has 3 rings (SSSR count). The van der Waals surface area contributed by atoms with Crippen molar-refractivity contribution in [3.63, 3.8) is 0 Å². The maximum absolute atomic E-state index is 12.4. The number of nitrogens with one attached hydrogen (secondary N) is 1. The van der Waals surface area contributed by atoms with Gasteiger partial charge in [0, 0.05) is 18.5 Å². The minimum absolute atomic E-state index is 0.0573. The normalized spacial score (nSPS) is 23.0. The molecule has 0 unspecified atom stereocenters. The molecule has 24 heavy (non-hydrogen) atoms. The van der Waals surface area contributed by atoms with Gasteiger partial charge in [0.15, 0.2) is 9.84 Å². The number of aryl methyl sites for hydroxylation is 1. The second kappa shape index (κ2) is 6.35. The lowest BCUT2D eigenvalue weighted by molar-refractivity contribution is -0.133. The predicted octanol–water partition coefficient (Wildman–Crippen LogP) is 1.10. The third-order valence-corrected chi connectivity index (χ3v) is 5.90. The second-order valence-corrected chi connectivity index (χ2v) is 8.39. The number of hydrogen-bond acceptors (Lipinski definition) is 5. The zero-order chi connectivity index (χ0) is 17.3. The monoisotopic (exact) mass is 349 g/mol. The van der Waals surface area contributed by atoms with Crippen molar-refractivity contribution in [2.75, 3.05) is 16.8 Å². The van der Waals surface area contributed by atoms with Crippen molar-refractivity contribution in [1.29, 1.82) is 0 Å². The summed E-state index contributed by atoms with van der Waals surface area (Å²) in [5.41, 5.74) is 1.93. The van der Waals surface area contributed by atoms with E-state index in [2.05, 4.69) is 10.4 Å². The molecular formula is C16H19N3O4S. The van der Waals surface area contributed by atoms with Crippen LogP contribution in [0.5, 0.6) is 0 Å². The molecule has 0 aromatic heterocycles. The highest BCUT2D eigenvalue weighted by molar-refractivity contribution is 7.91. The molecule has 8 heteroatoms. The highest BCUT2D eigenvalue weighted by Crippen LogP contribution is 2.22. The maximum Gasteiger partial charge on any atom is 0.271 e. The van der Waals surface area contributed by atoms with E-state index < -0.39 is 15.9 Å². The fourth-order valence-electron chi connectivity index (χ4n) is 2.91. The average Bonchev–Trinajstić information content (AvgIpc) is 2.87. The highest BCUT2D eigenvalue weighted by Gasteiger charge is 2.37. The SMILES string of the molecule is Cc1cccc(NC(=O)C2=NN([C@@H]3CCS(=O)(=O)C3)C(=O)CC2)c1. The Bertz CT molecular complexity index is 816. The fourth-order valence-corrected chi connectivity index (χ4v) is 4.61. The third kappa shape index (κ3) is 3.64. The zero-order valence-corrected chi connectivity index (χ0v) is 14.2. The molecule has 2 amide bonds. The van der Waals surface area contributed by atoms with Crippen molar-refractivity contribution in [3.05, 3.63) is 29.8 Å². The Morgan fingerprint density at radius 3 is 2.79 bits per heavy atom. The lowest BCUT2D eigenvalue weighted by Gasteiger charge is -2.27. The molecule has 0 radical (unpaired) electrons. The molecule has 2 heterocycles. The van der Waals surface area contributed by atoms with Crippen LogP contribution in [0.4, 0.5) is 5.69 Å². The van der Waals surface area contributed by atoms with Gasteiger partial charge < -0.3 is 5.32 Å². The van der Waals surface area contributed by atoms with Gasteiger partial charge >= 0.3 is 0 Å². The number of benzene rings is 1. The van der Waals surface area contributed by atoms with Crippen LogP contribution in [0.2, 0.25) is 0 Å². The Labute approximate surface area is 140 Å². The number of carbonyl (C=O) groups excluding carboxylic acids is 2. The Hall–Kier alpha value is -2.22. The van der Waals surface area contributed by atoms with Crippen LogP contribution in [0.3, 0.4) is 0 Å². The third-order valence-electron chi connectivity index (χ3n) is 4.15. The number of sulfone groups is 1. The smallest absolute Gasteiger partial charge is 0.271 e. The van der Waals surface area contributed by atoms with E-state index in [0.717, 1.165) is 5.56 Å². The van der Waals surface area contributed by atoms with Crippen molar-refractivity contribution < 1.29 is 18.0 Å². The Morgan fingerprint density at radius 2 is 2.12 bits per heavy atom. The molecule has 1 aromatic carbocycles. The molecule has 0 bridgehead atoms. The number of amides is 2. The second-order valence-electron chi connectivity index (χ2n) is 6.17. The van der Waals surface area contributed by atoms with Crippen LogP contribution in [0.25, 0.3) is 0 Å². The van der Waals surface area contributed by atoms with Gasteiger partial charge in [-0.3, -0.25) is 9.59 Å². The van der Waals surface area contributed by atoms with Gasteiger partial charge in [-0.2, -0.15) is 5.10 Å². The molecule has 1 atom stereocenters. The molecule has 1 fully saturated rings. The molecule has 0 aliphatic carbocycles. The largest absolute Gasteiger partial charge is 0.321 e. The molecule has 1 saturated heterocycles. The van der Waals surface area contributed by atoms with Crippen molar-refractivity contribution >= 4 is 33.1 Å². The van der Waals surface area contributed by atoms with Crippen molar-refractivity contribution in [1.82, 2.24) is 5.01 Å². The van der Waals surface area contributed by atoms with Gasteiger partial charge in [0.2, 0.25) is 5.91 Å². The van der Waals surface area contributed by atoms with E-state index >= 15 is 0 Å². The first kappa shape index (κ1) is 16.6. The molecule has 2 aliphatic rings. The van der Waals surface area contributed by atoms with Gasteiger partial charge in [-0.05, 0) is 31.0 Å². The van der Waals surface area contributed by atoms with Crippen LogP contribution < -0.4 is 5.32 Å². The molecule has 128 valence electrons. The summed E-state index contributed by atoms with van der Waals surface area (Å²) < 4.78 is 23.2. The Balaban J connectivity index is 1.76. The number of hydrazone groups is 1. The molecular weight excluding hydrogens is 330 g/mol. The molecule has 1 aromatic rings. The molecule has 7 nitrogen and oxygen atoms in total. The van der Waals surface area contributed by atoms with E-state index in [0.29, 0.717) is 12.1 Å². The maximum atomic E-state index is 12.4. The summed E-state index contributed by atoms with van der Waals surface area (Å²) in [7, 11) is -3.12.